The maximum atomic E-state index is 12.1. The zero-order valence-electron chi connectivity index (χ0n) is 12.4. The molecule has 3 heterocycles. The van der Waals surface area contributed by atoms with Gasteiger partial charge in [-0.15, -0.1) is 11.3 Å². The largest absolute Gasteiger partial charge is 0.379 e. The Morgan fingerprint density at radius 2 is 2.23 bits per heavy atom. The molecule has 1 aliphatic heterocycles. The van der Waals surface area contributed by atoms with Crippen LogP contribution in [0.5, 0.6) is 0 Å². The Kier molecular flexibility index (Phi) is 4.31. The number of hydrogen-bond acceptors (Lipinski definition) is 7. The van der Waals surface area contributed by atoms with Gasteiger partial charge in [-0.05, 0) is 11.4 Å². The molecule has 0 amide bonds. The van der Waals surface area contributed by atoms with Gasteiger partial charge in [-0.25, -0.2) is 22.7 Å². The molecule has 0 bridgehead atoms. The summed E-state index contributed by atoms with van der Waals surface area (Å²) in [4.78, 5) is 9.40. The lowest BCUT2D eigenvalue weighted by Gasteiger charge is -2.21. The van der Waals surface area contributed by atoms with Crippen molar-refractivity contribution in [3.63, 3.8) is 0 Å². The van der Waals surface area contributed by atoms with Crippen molar-refractivity contribution in [1.29, 1.82) is 0 Å². The molecule has 9 heteroatoms. The van der Waals surface area contributed by atoms with Crippen LogP contribution in [0.15, 0.2) is 17.8 Å². The Morgan fingerprint density at radius 3 is 3.00 bits per heavy atom. The SMILES string of the molecule is CN(C)S(=O)(=O)CC1COCC1Nc1ncnc2sccc12. The topological polar surface area (TPSA) is 84.4 Å². The highest BCUT2D eigenvalue weighted by atomic mass is 32.2. The number of sulfonamides is 1. The first kappa shape index (κ1) is 15.6. The van der Waals surface area contributed by atoms with Crippen LogP contribution in [0.4, 0.5) is 5.82 Å². The first-order chi connectivity index (χ1) is 10.5. The van der Waals surface area contributed by atoms with E-state index < -0.39 is 10.0 Å². The van der Waals surface area contributed by atoms with E-state index in [1.54, 1.807) is 25.4 Å². The van der Waals surface area contributed by atoms with Crippen LogP contribution in [-0.4, -0.2) is 61.8 Å². The quantitative estimate of drug-likeness (QED) is 0.873. The molecule has 1 N–H and O–H groups in total. The number of rotatable bonds is 5. The molecule has 2 aromatic heterocycles. The molecule has 2 aromatic rings. The highest BCUT2D eigenvalue weighted by Gasteiger charge is 2.33. The van der Waals surface area contributed by atoms with Gasteiger partial charge in [0.15, 0.2) is 0 Å². The van der Waals surface area contributed by atoms with Crippen molar-refractivity contribution in [2.45, 2.75) is 6.04 Å². The van der Waals surface area contributed by atoms with Gasteiger partial charge in [-0.3, -0.25) is 0 Å². The van der Waals surface area contributed by atoms with E-state index >= 15 is 0 Å². The minimum Gasteiger partial charge on any atom is -0.379 e. The first-order valence-electron chi connectivity index (χ1n) is 6.90. The highest BCUT2D eigenvalue weighted by molar-refractivity contribution is 7.89. The average molecular weight is 342 g/mol. The van der Waals surface area contributed by atoms with Crippen molar-refractivity contribution < 1.29 is 13.2 Å². The van der Waals surface area contributed by atoms with E-state index in [9.17, 15) is 8.42 Å². The molecule has 7 nitrogen and oxygen atoms in total. The molecule has 0 spiro atoms. The number of anilines is 1. The Balaban J connectivity index is 1.78. The van der Waals surface area contributed by atoms with Crippen LogP contribution < -0.4 is 5.32 Å². The second-order valence-corrected chi connectivity index (χ2v) is 8.59. The van der Waals surface area contributed by atoms with Crippen molar-refractivity contribution in [1.82, 2.24) is 14.3 Å². The van der Waals surface area contributed by atoms with E-state index in [1.807, 2.05) is 11.4 Å². The van der Waals surface area contributed by atoms with Crippen LogP contribution in [-0.2, 0) is 14.8 Å². The summed E-state index contributed by atoms with van der Waals surface area (Å²) in [7, 11) is -0.159. The summed E-state index contributed by atoms with van der Waals surface area (Å²) in [5.74, 6) is 0.695. The number of ether oxygens (including phenoxy) is 1. The van der Waals surface area contributed by atoms with Crippen molar-refractivity contribution in [3.8, 4) is 0 Å². The molecule has 1 fully saturated rings. The smallest absolute Gasteiger partial charge is 0.214 e. The normalized spacial score (nSPS) is 22.5. The van der Waals surface area contributed by atoms with Crippen LogP contribution in [0.2, 0.25) is 0 Å². The summed E-state index contributed by atoms with van der Waals surface area (Å²) in [5.41, 5.74) is 0. The monoisotopic (exact) mass is 342 g/mol. The Morgan fingerprint density at radius 1 is 1.41 bits per heavy atom. The molecule has 0 aliphatic carbocycles. The van der Waals surface area contributed by atoms with Gasteiger partial charge in [0.25, 0.3) is 0 Å². The fraction of sp³-hybridized carbons (Fsp3) is 0.538. The van der Waals surface area contributed by atoms with Crippen molar-refractivity contribution in [2.75, 3.05) is 38.4 Å². The Bertz CT molecular complexity index is 759. The summed E-state index contributed by atoms with van der Waals surface area (Å²) in [6.07, 6.45) is 1.52. The molecule has 120 valence electrons. The molecule has 2 unspecified atom stereocenters. The van der Waals surface area contributed by atoms with Gasteiger partial charge in [-0.2, -0.15) is 0 Å². The molecular weight excluding hydrogens is 324 g/mol. The lowest BCUT2D eigenvalue weighted by atomic mass is 10.1. The zero-order valence-corrected chi connectivity index (χ0v) is 14.0. The maximum absolute atomic E-state index is 12.1. The van der Waals surface area contributed by atoms with Gasteiger partial charge in [0, 0.05) is 20.0 Å². The molecule has 1 saturated heterocycles. The van der Waals surface area contributed by atoms with Crippen LogP contribution >= 0.6 is 11.3 Å². The van der Waals surface area contributed by atoms with E-state index in [0.29, 0.717) is 13.2 Å². The number of hydrogen-bond donors (Lipinski definition) is 1. The van der Waals surface area contributed by atoms with E-state index in [4.69, 9.17) is 4.74 Å². The second-order valence-electron chi connectivity index (χ2n) is 5.47. The van der Waals surface area contributed by atoms with Gasteiger partial charge in [0.1, 0.15) is 17.0 Å². The molecule has 2 atom stereocenters. The lowest BCUT2D eigenvalue weighted by molar-refractivity contribution is 0.187. The van der Waals surface area contributed by atoms with E-state index in [-0.39, 0.29) is 17.7 Å². The summed E-state index contributed by atoms with van der Waals surface area (Å²) >= 11 is 1.55. The fourth-order valence-corrected chi connectivity index (χ4v) is 4.32. The molecule has 1 aliphatic rings. The zero-order chi connectivity index (χ0) is 15.7. The molecule has 0 saturated carbocycles. The molecular formula is C13H18N4O3S2. The number of nitrogens with zero attached hydrogens (tertiary/aromatic N) is 3. The number of fused-ring (bicyclic) bond motifs is 1. The predicted molar refractivity (Wildman–Crippen MR) is 86.6 cm³/mol. The van der Waals surface area contributed by atoms with Gasteiger partial charge in [0.05, 0.1) is 30.4 Å². The minimum atomic E-state index is -3.26. The van der Waals surface area contributed by atoms with Gasteiger partial charge in [0.2, 0.25) is 10.0 Å². The summed E-state index contributed by atoms with van der Waals surface area (Å²) in [6, 6.07) is 1.89. The third-order valence-corrected chi connectivity index (χ3v) is 6.55. The van der Waals surface area contributed by atoms with Crippen LogP contribution in [0.3, 0.4) is 0 Å². The molecule has 3 rings (SSSR count). The highest BCUT2D eigenvalue weighted by Crippen LogP contribution is 2.27. The van der Waals surface area contributed by atoms with E-state index in [1.165, 1.54) is 10.6 Å². The first-order valence-corrected chi connectivity index (χ1v) is 9.39. The fourth-order valence-electron chi connectivity index (χ4n) is 2.42. The minimum absolute atomic E-state index is 0.0650. The molecule has 0 aromatic carbocycles. The van der Waals surface area contributed by atoms with Crippen LogP contribution in [0.25, 0.3) is 10.2 Å². The number of aromatic nitrogens is 2. The third kappa shape index (κ3) is 3.07. The lowest BCUT2D eigenvalue weighted by Crippen LogP contribution is -2.37. The van der Waals surface area contributed by atoms with E-state index in [2.05, 4.69) is 15.3 Å². The second kappa shape index (κ2) is 6.07. The Labute approximate surface area is 133 Å². The van der Waals surface area contributed by atoms with Crippen molar-refractivity contribution in [3.05, 3.63) is 17.8 Å². The van der Waals surface area contributed by atoms with Crippen molar-refractivity contribution >= 4 is 37.4 Å². The third-order valence-electron chi connectivity index (χ3n) is 3.76. The average Bonchev–Trinajstić information content (AvgIpc) is 3.08. The predicted octanol–water partition coefficient (Wildman–Crippen LogP) is 1.01. The molecule has 22 heavy (non-hydrogen) atoms. The standard InChI is InChI=1S/C13H18N4O3S2/c1-17(2)22(18,19)7-9-5-20-6-11(9)16-12-10-3-4-21-13(10)15-8-14-12/h3-4,8-9,11H,5-7H2,1-2H3,(H,14,15,16). The summed E-state index contributed by atoms with van der Waals surface area (Å²) < 4.78 is 30.9. The van der Waals surface area contributed by atoms with Gasteiger partial charge >= 0.3 is 0 Å². The number of nitrogens with one attached hydrogen (secondary N) is 1. The van der Waals surface area contributed by atoms with E-state index in [0.717, 1.165) is 16.0 Å². The molecule has 0 radical (unpaired) electrons. The van der Waals surface area contributed by atoms with Crippen LogP contribution in [0, 0.1) is 5.92 Å². The summed E-state index contributed by atoms with van der Waals surface area (Å²) in [6.45, 7) is 0.909. The van der Waals surface area contributed by atoms with Gasteiger partial charge < -0.3 is 10.1 Å². The Hall–Kier alpha value is -1.29. The van der Waals surface area contributed by atoms with Crippen molar-refractivity contribution in [2.24, 2.45) is 5.92 Å². The number of thiophene rings is 1. The van der Waals surface area contributed by atoms with Gasteiger partial charge in [-0.1, -0.05) is 0 Å². The summed E-state index contributed by atoms with van der Waals surface area (Å²) in [5, 5.41) is 6.24. The maximum Gasteiger partial charge on any atom is 0.214 e. The van der Waals surface area contributed by atoms with Crippen LogP contribution in [0.1, 0.15) is 0 Å².